The van der Waals surface area contributed by atoms with Crippen LogP contribution in [0, 0.1) is 0 Å². The first-order valence-corrected chi connectivity index (χ1v) is 17.7. The third-order valence-corrected chi connectivity index (χ3v) is 10.2. The molecule has 5 heteroatoms. The maximum Gasteiger partial charge on any atom is 0.137 e. The number of fused-ring (bicyclic) bond motifs is 9. The lowest BCUT2D eigenvalue weighted by atomic mass is 10.1. The van der Waals surface area contributed by atoms with Gasteiger partial charge in [0.05, 0.1) is 0 Å². The zero-order valence-electron chi connectivity index (χ0n) is 28.4. The first-order chi connectivity index (χ1) is 26.2. The van der Waals surface area contributed by atoms with Gasteiger partial charge in [-0.05, 0) is 91.0 Å². The van der Waals surface area contributed by atoms with Gasteiger partial charge in [-0.1, -0.05) is 72.8 Å². The lowest BCUT2D eigenvalue weighted by Crippen LogP contribution is -2.09. The van der Waals surface area contributed by atoms with Crippen LogP contribution in [-0.4, -0.2) is 0 Å². The number of nitrogens with zero attached hydrogens (tertiary/aromatic N) is 2. The maximum absolute atomic E-state index is 6.60. The number of anilines is 6. The molecule has 250 valence electrons. The van der Waals surface area contributed by atoms with Crippen LogP contribution >= 0.6 is 0 Å². The van der Waals surface area contributed by atoms with E-state index in [9.17, 15) is 0 Å². The molecular weight excluding hydrogens is 653 g/mol. The Morgan fingerprint density at radius 3 is 1.06 bits per heavy atom. The largest absolute Gasteiger partial charge is 0.456 e. The molecule has 0 saturated carbocycles. The average Bonchev–Trinajstić information content (AvgIpc) is 3.89. The second-order valence-electron chi connectivity index (χ2n) is 13.4. The van der Waals surface area contributed by atoms with Crippen LogP contribution < -0.4 is 9.80 Å². The smallest absolute Gasteiger partial charge is 0.137 e. The maximum atomic E-state index is 6.60. The van der Waals surface area contributed by atoms with E-state index in [-0.39, 0.29) is 0 Å². The molecule has 0 radical (unpaired) electrons. The molecule has 11 rings (SSSR count). The van der Waals surface area contributed by atoms with Crippen LogP contribution in [0.25, 0.3) is 65.8 Å². The fraction of sp³-hybridized carbons (Fsp3) is 0. The van der Waals surface area contributed by atoms with Crippen molar-refractivity contribution in [2.45, 2.75) is 0 Å². The first-order valence-electron chi connectivity index (χ1n) is 17.7. The summed E-state index contributed by atoms with van der Waals surface area (Å²) in [6.45, 7) is 0. The Bertz CT molecular complexity index is 2980. The summed E-state index contributed by atoms with van der Waals surface area (Å²) < 4.78 is 19.3. The molecule has 0 aliphatic rings. The highest BCUT2D eigenvalue weighted by Crippen LogP contribution is 2.44. The molecule has 0 N–H and O–H groups in total. The normalized spacial score (nSPS) is 11.8. The Hall–Kier alpha value is -7.24. The summed E-state index contributed by atoms with van der Waals surface area (Å²) in [6.07, 6.45) is 0. The molecule has 0 bridgehead atoms. The van der Waals surface area contributed by atoms with E-state index in [0.29, 0.717) is 0 Å². The Morgan fingerprint density at radius 1 is 0.226 bits per heavy atom. The SMILES string of the molecule is c1ccc(N(c2ccccc2)c2ccc3oc4cc(N(c5ccc6c(c5)oc5ccccc56)c5ccc6c(c5)oc5ccccc56)ccc4c3c2)cc1. The lowest BCUT2D eigenvalue weighted by molar-refractivity contribution is 0.669. The Labute approximate surface area is 304 Å². The minimum atomic E-state index is 0.806. The number of hydrogen-bond donors (Lipinski definition) is 0. The molecule has 3 heterocycles. The van der Waals surface area contributed by atoms with E-state index in [0.717, 1.165) is 99.9 Å². The van der Waals surface area contributed by atoms with Gasteiger partial charge in [-0.15, -0.1) is 0 Å². The standard InChI is InChI=1S/C48H30N2O3/c1-3-11-31(12-4-1)49(32-13-5-2-6-14-32)33-22-26-45-42(27-33)41-25-21-36(30-48(41)53-45)50(34-19-23-39-37-15-7-9-17-43(37)51-46(39)28-34)35-20-24-40-38-16-8-10-18-44(38)52-47(40)29-35/h1-30H. The van der Waals surface area contributed by atoms with Gasteiger partial charge in [0, 0.05) is 84.6 Å². The van der Waals surface area contributed by atoms with Gasteiger partial charge in [0.15, 0.2) is 0 Å². The highest BCUT2D eigenvalue weighted by atomic mass is 16.3. The van der Waals surface area contributed by atoms with Gasteiger partial charge in [0.1, 0.15) is 33.5 Å². The fourth-order valence-corrected chi connectivity index (χ4v) is 7.79. The Kier molecular flexibility index (Phi) is 6.48. The Morgan fingerprint density at radius 2 is 0.566 bits per heavy atom. The zero-order valence-corrected chi connectivity index (χ0v) is 28.4. The monoisotopic (exact) mass is 682 g/mol. The topological polar surface area (TPSA) is 45.9 Å². The van der Waals surface area contributed by atoms with Gasteiger partial charge in [-0.3, -0.25) is 0 Å². The van der Waals surface area contributed by atoms with E-state index >= 15 is 0 Å². The second kappa shape index (κ2) is 11.7. The van der Waals surface area contributed by atoms with Crippen molar-refractivity contribution in [3.8, 4) is 0 Å². The van der Waals surface area contributed by atoms with Crippen LogP contribution in [0.2, 0.25) is 0 Å². The van der Waals surface area contributed by atoms with Crippen LogP contribution in [0.15, 0.2) is 195 Å². The number of benzene rings is 8. The van der Waals surface area contributed by atoms with E-state index in [1.165, 1.54) is 0 Å². The zero-order chi connectivity index (χ0) is 34.9. The van der Waals surface area contributed by atoms with E-state index in [2.05, 4.69) is 143 Å². The van der Waals surface area contributed by atoms with E-state index in [1.807, 2.05) is 48.5 Å². The van der Waals surface area contributed by atoms with E-state index < -0.39 is 0 Å². The van der Waals surface area contributed by atoms with Gasteiger partial charge in [0.25, 0.3) is 0 Å². The van der Waals surface area contributed by atoms with Crippen molar-refractivity contribution in [3.05, 3.63) is 182 Å². The average molecular weight is 683 g/mol. The van der Waals surface area contributed by atoms with Gasteiger partial charge >= 0.3 is 0 Å². The Balaban J connectivity index is 1.07. The number of para-hydroxylation sites is 4. The summed E-state index contributed by atoms with van der Waals surface area (Å²) in [7, 11) is 0. The minimum absolute atomic E-state index is 0.806. The number of rotatable bonds is 6. The van der Waals surface area contributed by atoms with Crippen molar-refractivity contribution in [3.63, 3.8) is 0 Å². The summed E-state index contributed by atoms with van der Waals surface area (Å²) in [5, 5.41) is 6.48. The summed E-state index contributed by atoms with van der Waals surface area (Å²) in [5.41, 5.74) is 11.2. The van der Waals surface area contributed by atoms with Gasteiger partial charge in [-0.2, -0.15) is 0 Å². The fourth-order valence-electron chi connectivity index (χ4n) is 7.79. The van der Waals surface area contributed by atoms with Gasteiger partial charge in [0.2, 0.25) is 0 Å². The van der Waals surface area contributed by atoms with Crippen molar-refractivity contribution < 1.29 is 13.3 Å². The first kappa shape index (κ1) is 29.5. The molecule has 0 aliphatic heterocycles. The van der Waals surface area contributed by atoms with E-state index in [1.54, 1.807) is 0 Å². The van der Waals surface area contributed by atoms with Crippen LogP contribution in [-0.2, 0) is 0 Å². The van der Waals surface area contributed by atoms with Crippen LogP contribution in [0.1, 0.15) is 0 Å². The highest BCUT2D eigenvalue weighted by Gasteiger charge is 2.20. The highest BCUT2D eigenvalue weighted by molar-refractivity contribution is 6.10. The van der Waals surface area contributed by atoms with Crippen molar-refractivity contribution >= 4 is 99.9 Å². The van der Waals surface area contributed by atoms with Crippen LogP contribution in [0.5, 0.6) is 0 Å². The van der Waals surface area contributed by atoms with Gasteiger partial charge in [-0.25, -0.2) is 0 Å². The molecule has 0 fully saturated rings. The summed E-state index contributed by atoms with van der Waals surface area (Å²) in [4.78, 5) is 4.51. The second-order valence-corrected chi connectivity index (χ2v) is 13.4. The van der Waals surface area contributed by atoms with Crippen molar-refractivity contribution in [1.82, 2.24) is 0 Å². The van der Waals surface area contributed by atoms with Crippen molar-refractivity contribution in [2.75, 3.05) is 9.80 Å². The molecule has 0 atom stereocenters. The minimum Gasteiger partial charge on any atom is -0.456 e. The number of furan rings is 3. The summed E-state index contributed by atoms with van der Waals surface area (Å²) in [6, 6.07) is 63.0. The molecule has 5 nitrogen and oxygen atoms in total. The molecule has 0 aliphatic carbocycles. The van der Waals surface area contributed by atoms with Crippen molar-refractivity contribution in [2.24, 2.45) is 0 Å². The predicted molar refractivity (Wildman–Crippen MR) is 218 cm³/mol. The quantitative estimate of drug-likeness (QED) is 0.175. The molecule has 11 aromatic rings. The molecule has 53 heavy (non-hydrogen) atoms. The molecule has 3 aromatic heterocycles. The molecule has 0 unspecified atom stereocenters. The molecule has 0 spiro atoms. The third kappa shape index (κ3) is 4.79. The third-order valence-electron chi connectivity index (χ3n) is 10.2. The molecular formula is C48H30N2O3. The lowest BCUT2D eigenvalue weighted by Gasteiger charge is -2.25. The van der Waals surface area contributed by atoms with Gasteiger partial charge < -0.3 is 23.1 Å². The van der Waals surface area contributed by atoms with Crippen LogP contribution in [0.3, 0.4) is 0 Å². The molecule has 0 amide bonds. The van der Waals surface area contributed by atoms with Crippen molar-refractivity contribution in [1.29, 1.82) is 0 Å². The van der Waals surface area contributed by atoms with E-state index in [4.69, 9.17) is 13.3 Å². The number of hydrogen-bond acceptors (Lipinski definition) is 5. The molecule has 0 saturated heterocycles. The summed E-state index contributed by atoms with van der Waals surface area (Å²) in [5.74, 6) is 0. The predicted octanol–water partition coefficient (Wildman–Crippen LogP) is 14.3. The van der Waals surface area contributed by atoms with Crippen LogP contribution in [0.4, 0.5) is 34.1 Å². The molecule has 8 aromatic carbocycles. The summed E-state index contributed by atoms with van der Waals surface area (Å²) >= 11 is 0.